The molecule has 0 bridgehead atoms. The molecule has 2 N–H and O–H groups in total. The quantitative estimate of drug-likeness (QED) is 0.636. The number of nitrogens with zero attached hydrogens (tertiary/aromatic N) is 1. The van der Waals surface area contributed by atoms with Crippen LogP contribution in [0.1, 0.15) is 43.0 Å². The number of benzene rings is 2. The van der Waals surface area contributed by atoms with Crippen molar-refractivity contribution in [2.75, 3.05) is 18.2 Å². The molecule has 0 saturated carbocycles. The molecule has 1 aliphatic heterocycles. The molecule has 0 aromatic heterocycles. The smallest absolute Gasteiger partial charge is 0.396 e. The van der Waals surface area contributed by atoms with Gasteiger partial charge in [0.05, 0.1) is 10.3 Å². The molecule has 0 spiro atoms. The number of hydrogen-bond acceptors (Lipinski definition) is 5. The molecule has 2 aromatic carbocycles. The second-order valence-corrected chi connectivity index (χ2v) is 10.6. The second-order valence-electron chi connectivity index (χ2n) is 8.55. The Hall–Kier alpha value is -2.92. The maximum absolute atomic E-state index is 13.6. The zero-order valence-electron chi connectivity index (χ0n) is 18.8. The van der Waals surface area contributed by atoms with Gasteiger partial charge in [0, 0.05) is 32.0 Å². The van der Waals surface area contributed by atoms with Gasteiger partial charge in [-0.1, -0.05) is 18.2 Å². The number of fused-ring (bicyclic) bond motifs is 1. The lowest BCUT2D eigenvalue weighted by Crippen LogP contribution is -2.40. The van der Waals surface area contributed by atoms with Crippen LogP contribution in [0.25, 0.3) is 0 Å². The number of carbonyl (C=O) groups excluding carboxylic acids is 2. The van der Waals surface area contributed by atoms with Crippen LogP contribution in [0.3, 0.4) is 0 Å². The number of halogens is 3. The molecule has 184 valence electrons. The van der Waals surface area contributed by atoms with Crippen molar-refractivity contribution in [1.29, 1.82) is 0 Å². The molecule has 11 heteroatoms. The third kappa shape index (κ3) is 4.80. The van der Waals surface area contributed by atoms with E-state index in [0.29, 0.717) is 11.1 Å². The van der Waals surface area contributed by atoms with E-state index in [1.54, 1.807) is 0 Å². The summed E-state index contributed by atoms with van der Waals surface area (Å²) < 4.78 is 64.5. The van der Waals surface area contributed by atoms with Crippen molar-refractivity contribution < 1.29 is 36.3 Å². The number of hydrogen-bond donors (Lipinski definition) is 2. The summed E-state index contributed by atoms with van der Waals surface area (Å²) in [5.74, 6) is -0.972. The molecule has 7 nitrogen and oxygen atoms in total. The van der Waals surface area contributed by atoms with Crippen LogP contribution < -0.4 is 5.32 Å². The number of rotatable bonds is 6. The van der Waals surface area contributed by atoms with Crippen molar-refractivity contribution in [1.82, 2.24) is 4.90 Å². The SMILES string of the molecule is CC(=O)N1Cc2cc(S(C)(=O)=O)ccc2C1C(=O)Nc1ccc(C(C)(CCO)C(F)(F)F)cc1. The summed E-state index contributed by atoms with van der Waals surface area (Å²) in [7, 11) is -3.48. The summed E-state index contributed by atoms with van der Waals surface area (Å²) >= 11 is 0. The fraction of sp³-hybridized carbons (Fsp3) is 0.391. The van der Waals surface area contributed by atoms with E-state index in [0.717, 1.165) is 13.2 Å². The van der Waals surface area contributed by atoms with Gasteiger partial charge in [-0.25, -0.2) is 8.42 Å². The Morgan fingerprint density at radius 2 is 1.76 bits per heavy atom. The van der Waals surface area contributed by atoms with E-state index in [1.807, 2.05) is 0 Å². The van der Waals surface area contributed by atoms with Crippen LogP contribution in [0.2, 0.25) is 0 Å². The number of amides is 2. The van der Waals surface area contributed by atoms with Gasteiger partial charge in [0.2, 0.25) is 5.91 Å². The van der Waals surface area contributed by atoms with Crippen molar-refractivity contribution in [3.05, 3.63) is 59.2 Å². The van der Waals surface area contributed by atoms with Crippen LogP contribution in [0, 0.1) is 0 Å². The second kappa shape index (κ2) is 9.03. The number of aliphatic hydroxyl groups excluding tert-OH is 1. The van der Waals surface area contributed by atoms with Crippen molar-refractivity contribution in [3.63, 3.8) is 0 Å². The molecular weight excluding hydrogens is 473 g/mol. The van der Waals surface area contributed by atoms with E-state index in [2.05, 4.69) is 5.32 Å². The number of nitrogens with one attached hydrogen (secondary N) is 1. The van der Waals surface area contributed by atoms with Crippen molar-refractivity contribution in [2.45, 2.75) is 49.3 Å². The molecule has 0 fully saturated rings. The largest absolute Gasteiger partial charge is 0.398 e. The van der Waals surface area contributed by atoms with Gasteiger partial charge in [0.1, 0.15) is 6.04 Å². The number of sulfone groups is 1. The minimum absolute atomic E-state index is 0.0517. The average Bonchev–Trinajstić information content (AvgIpc) is 3.12. The summed E-state index contributed by atoms with van der Waals surface area (Å²) in [6, 6.07) is 8.41. The third-order valence-corrected chi connectivity index (χ3v) is 7.28. The van der Waals surface area contributed by atoms with Gasteiger partial charge in [0.25, 0.3) is 5.91 Å². The Bertz CT molecular complexity index is 1210. The Morgan fingerprint density at radius 3 is 2.26 bits per heavy atom. The van der Waals surface area contributed by atoms with Crippen LogP contribution in [0.15, 0.2) is 47.4 Å². The third-order valence-electron chi connectivity index (χ3n) is 6.17. The minimum atomic E-state index is -4.58. The molecule has 0 saturated heterocycles. The molecule has 1 aliphatic rings. The fourth-order valence-electron chi connectivity index (χ4n) is 4.04. The number of carbonyl (C=O) groups is 2. The highest BCUT2D eigenvalue weighted by molar-refractivity contribution is 7.90. The molecule has 2 amide bonds. The minimum Gasteiger partial charge on any atom is -0.396 e. The number of aliphatic hydroxyl groups is 1. The first kappa shape index (κ1) is 25.7. The van der Waals surface area contributed by atoms with Crippen LogP contribution in [0.5, 0.6) is 0 Å². The average molecular weight is 499 g/mol. The van der Waals surface area contributed by atoms with E-state index in [1.165, 1.54) is 54.3 Å². The maximum atomic E-state index is 13.6. The standard InChI is InChI=1S/C23H25F3N2O5S/c1-14(30)28-13-15-12-18(34(3,32)33)8-9-19(15)20(28)21(31)27-17-6-4-16(5-7-17)22(2,10-11-29)23(24,25)26/h4-9,12,20,29H,10-11,13H2,1-3H3,(H,27,31). The summed E-state index contributed by atoms with van der Waals surface area (Å²) in [6.45, 7) is 1.70. The van der Waals surface area contributed by atoms with E-state index < -0.39 is 52.3 Å². The summed E-state index contributed by atoms with van der Waals surface area (Å²) in [5, 5.41) is 11.7. The molecular formula is C23H25F3N2O5S. The van der Waals surface area contributed by atoms with Crippen molar-refractivity contribution >= 4 is 27.3 Å². The Balaban J connectivity index is 1.88. The van der Waals surface area contributed by atoms with Crippen LogP contribution >= 0.6 is 0 Å². The molecule has 2 atom stereocenters. The van der Waals surface area contributed by atoms with Crippen molar-refractivity contribution in [2.24, 2.45) is 0 Å². The lowest BCUT2D eigenvalue weighted by Gasteiger charge is -2.32. The van der Waals surface area contributed by atoms with E-state index in [-0.39, 0.29) is 22.7 Å². The first-order valence-corrected chi connectivity index (χ1v) is 12.3. The van der Waals surface area contributed by atoms with E-state index in [4.69, 9.17) is 5.11 Å². The van der Waals surface area contributed by atoms with Gasteiger partial charge in [-0.3, -0.25) is 9.59 Å². The normalized spacial score (nSPS) is 17.7. The molecule has 0 aliphatic carbocycles. The molecule has 1 heterocycles. The summed E-state index contributed by atoms with van der Waals surface area (Å²) in [4.78, 5) is 26.6. The van der Waals surface area contributed by atoms with Crippen LogP contribution in [0.4, 0.5) is 18.9 Å². The topological polar surface area (TPSA) is 104 Å². The molecule has 34 heavy (non-hydrogen) atoms. The zero-order chi connectivity index (χ0) is 25.5. The molecule has 3 rings (SSSR count). The van der Waals surface area contributed by atoms with Crippen LogP contribution in [-0.4, -0.2) is 49.3 Å². The van der Waals surface area contributed by atoms with Gasteiger partial charge in [0.15, 0.2) is 9.84 Å². The van der Waals surface area contributed by atoms with Gasteiger partial charge in [-0.15, -0.1) is 0 Å². The highest BCUT2D eigenvalue weighted by Gasteiger charge is 2.51. The molecule has 2 unspecified atom stereocenters. The maximum Gasteiger partial charge on any atom is 0.398 e. The Labute approximate surface area is 195 Å². The van der Waals surface area contributed by atoms with Gasteiger partial charge in [-0.2, -0.15) is 13.2 Å². The number of alkyl halides is 3. The predicted molar refractivity (Wildman–Crippen MR) is 119 cm³/mol. The Kier molecular flexibility index (Phi) is 6.82. The lowest BCUT2D eigenvalue weighted by atomic mass is 9.79. The highest BCUT2D eigenvalue weighted by Crippen LogP contribution is 2.43. The summed E-state index contributed by atoms with van der Waals surface area (Å²) in [5.41, 5.74) is -1.08. The first-order valence-electron chi connectivity index (χ1n) is 10.4. The number of anilines is 1. The lowest BCUT2D eigenvalue weighted by molar-refractivity contribution is -0.189. The van der Waals surface area contributed by atoms with Gasteiger partial charge >= 0.3 is 6.18 Å². The monoisotopic (exact) mass is 498 g/mol. The van der Waals surface area contributed by atoms with E-state index in [9.17, 15) is 31.2 Å². The van der Waals surface area contributed by atoms with Gasteiger partial charge in [-0.05, 0) is 54.3 Å². The van der Waals surface area contributed by atoms with Gasteiger partial charge < -0.3 is 15.3 Å². The molecule has 0 radical (unpaired) electrons. The fourth-order valence-corrected chi connectivity index (χ4v) is 4.71. The van der Waals surface area contributed by atoms with E-state index >= 15 is 0 Å². The van der Waals surface area contributed by atoms with Crippen molar-refractivity contribution in [3.8, 4) is 0 Å². The summed E-state index contributed by atoms with van der Waals surface area (Å²) in [6.07, 6.45) is -4.03. The zero-order valence-corrected chi connectivity index (χ0v) is 19.6. The highest BCUT2D eigenvalue weighted by atomic mass is 32.2. The molecule has 2 aromatic rings. The van der Waals surface area contributed by atoms with Crippen LogP contribution in [-0.2, 0) is 31.4 Å². The first-order chi connectivity index (χ1) is 15.7. The predicted octanol–water partition coefficient (Wildman–Crippen LogP) is 3.33. The Morgan fingerprint density at radius 1 is 1.15 bits per heavy atom.